The number of fused-ring (bicyclic) bond motifs is 3. The predicted molar refractivity (Wildman–Crippen MR) is 183 cm³/mol. The van der Waals surface area contributed by atoms with E-state index in [1.807, 2.05) is 0 Å². The molecule has 0 heterocycles. The summed E-state index contributed by atoms with van der Waals surface area (Å²) in [5, 5.41) is 0. The van der Waals surface area contributed by atoms with E-state index < -0.39 is 0 Å². The molecule has 0 fully saturated rings. The van der Waals surface area contributed by atoms with Crippen molar-refractivity contribution in [2.45, 2.75) is 149 Å². The molecule has 0 spiro atoms. The van der Waals surface area contributed by atoms with Crippen molar-refractivity contribution in [1.82, 2.24) is 0 Å². The Labute approximate surface area is 256 Å². The molecular formula is C37H58IN. The van der Waals surface area contributed by atoms with Gasteiger partial charge >= 0.3 is 0 Å². The van der Waals surface area contributed by atoms with E-state index in [-0.39, 0.29) is 5.41 Å². The number of unbranched alkanes of at least 4 members (excludes halogenated alkanes) is 12. The summed E-state index contributed by atoms with van der Waals surface area (Å²) in [5.74, 6) is 0. The molecule has 0 radical (unpaired) electrons. The smallest absolute Gasteiger partial charge is 0.0369 e. The van der Waals surface area contributed by atoms with Gasteiger partial charge in [0, 0.05) is 27.8 Å². The normalized spacial score (nSPS) is 13.5. The first-order valence-corrected chi connectivity index (χ1v) is 17.9. The van der Waals surface area contributed by atoms with Crippen molar-refractivity contribution in [3.8, 4) is 11.1 Å². The number of nitrogens with zero attached hydrogens (tertiary/aromatic N) is 1. The Hall–Kier alpha value is -1.03. The Morgan fingerprint density at radius 2 is 1.00 bits per heavy atom. The van der Waals surface area contributed by atoms with Crippen LogP contribution in [0.2, 0.25) is 0 Å². The average Bonchev–Trinajstić information content (AvgIpc) is 3.21. The third-order valence-electron chi connectivity index (χ3n) is 9.15. The van der Waals surface area contributed by atoms with Crippen LogP contribution in [0.3, 0.4) is 0 Å². The minimum Gasteiger partial charge on any atom is -0.372 e. The summed E-state index contributed by atoms with van der Waals surface area (Å²) in [6.45, 7) is 11.7. The standard InChI is InChI=1S/C37H58IN/c1-5-9-13-17-25-37(26-18-14-10-6-2)35-29-31(38)21-23-33(35)34-24-22-32(30-36(34)37)39(27-19-15-11-7-3)28-20-16-12-8-4/h21-24,29-30H,5-20,25-28H2,1-4H3. The highest BCUT2D eigenvalue weighted by molar-refractivity contribution is 14.1. The second-order valence-corrected chi connectivity index (χ2v) is 13.5. The first-order chi connectivity index (χ1) is 19.1. The summed E-state index contributed by atoms with van der Waals surface area (Å²) < 4.78 is 1.39. The number of rotatable bonds is 21. The summed E-state index contributed by atoms with van der Waals surface area (Å²) in [6.07, 6.45) is 24.0. The van der Waals surface area contributed by atoms with E-state index in [1.165, 1.54) is 149 Å². The van der Waals surface area contributed by atoms with E-state index in [9.17, 15) is 0 Å². The van der Waals surface area contributed by atoms with Crippen molar-refractivity contribution < 1.29 is 0 Å². The lowest BCUT2D eigenvalue weighted by atomic mass is 9.70. The van der Waals surface area contributed by atoms with Crippen LogP contribution in [-0.2, 0) is 5.41 Å². The Morgan fingerprint density at radius 3 is 1.51 bits per heavy atom. The molecule has 0 N–H and O–H groups in total. The van der Waals surface area contributed by atoms with Gasteiger partial charge in [-0.3, -0.25) is 0 Å². The zero-order valence-electron chi connectivity index (χ0n) is 25.9. The lowest BCUT2D eigenvalue weighted by Crippen LogP contribution is -2.28. The van der Waals surface area contributed by atoms with Crippen molar-refractivity contribution in [2.24, 2.45) is 0 Å². The number of anilines is 1. The van der Waals surface area contributed by atoms with Crippen molar-refractivity contribution in [2.75, 3.05) is 18.0 Å². The van der Waals surface area contributed by atoms with Gasteiger partial charge in [-0.25, -0.2) is 0 Å². The molecule has 2 aromatic carbocycles. The summed E-state index contributed by atoms with van der Waals surface area (Å²) in [4.78, 5) is 2.75. The Morgan fingerprint density at radius 1 is 0.538 bits per heavy atom. The van der Waals surface area contributed by atoms with Gasteiger partial charge in [0.15, 0.2) is 0 Å². The zero-order chi connectivity index (χ0) is 27.9. The van der Waals surface area contributed by atoms with Gasteiger partial charge in [-0.2, -0.15) is 0 Å². The molecule has 0 saturated carbocycles. The fourth-order valence-corrected chi connectivity index (χ4v) is 7.34. The van der Waals surface area contributed by atoms with Crippen molar-refractivity contribution in [3.05, 3.63) is 51.1 Å². The lowest BCUT2D eigenvalue weighted by Gasteiger charge is -2.34. The van der Waals surface area contributed by atoms with Crippen LogP contribution < -0.4 is 4.90 Å². The molecule has 1 nitrogen and oxygen atoms in total. The second-order valence-electron chi connectivity index (χ2n) is 12.2. The van der Waals surface area contributed by atoms with Crippen LogP contribution >= 0.6 is 22.6 Å². The summed E-state index contributed by atoms with van der Waals surface area (Å²) in [7, 11) is 0. The quantitative estimate of drug-likeness (QED) is 0.0966. The minimum absolute atomic E-state index is 0.180. The van der Waals surface area contributed by atoms with E-state index in [0.29, 0.717) is 0 Å². The summed E-state index contributed by atoms with van der Waals surface area (Å²) in [5.41, 5.74) is 7.98. The fourth-order valence-electron chi connectivity index (χ4n) is 6.85. The molecule has 3 rings (SSSR count). The molecule has 0 unspecified atom stereocenters. The topological polar surface area (TPSA) is 3.24 Å². The van der Waals surface area contributed by atoms with E-state index in [1.54, 1.807) is 11.1 Å². The van der Waals surface area contributed by atoms with E-state index in [2.05, 4.69) is 91.6 Å². The molecule has 0 amide bonds. The van der Waals surface area contributed by atoms with Crippen LogP contribution in [0.4, 0.5) is 5.69 Å². The molecule has 2 heteroatoms. The van der Waals surface area contributed by atoms with Gasteiger partial charge in [0.25, 0.3) is 0 Å². The van der Waals surface area contributed by atoms with Crippen molar-refractivity contribution in [3.63, 3.8) is 0 Å². The maximum Gasteiger partial charge on any atom is 0.0369 e. The molecule has 0 aliphatic heterocycles. The SMILES string of the molecule is CCCCCCN(CCCCCC)c1ccc2c(c1)C(CCCCCC)(CCCCCC)c1cc(I)ccc1-2. The highest BCUT2D eigenvalue weighted by Gasteiger charge is 2.42. The van der Waals surface area contributed by atoms with Crippen molar-refractivity contribution >= 4 is 28.3 Å². The number of hydrogen-bond donors (Lipinski definition) is 0. The molecule has 1 aliphatic carbocycles. The Kier molecular flexibility index (Phi) is 14.8. The predicted octanol–water partition coefficient (Wildman–Crippen LogP) is 12.5. The van der Waals surface area contributed by atoms with Crippen LogP contribution in [-0.4, -0.2) is 13.1 Å². The van der Waals surface area contributed by atoms with E-state index >= 15 is 0 Å². The van der Waals surface area contributed by atoms with Crippen LogP contribution in [0.25, 0.3) is 11.1 Å². The largest absolute Gasteiger partial charge is 0.372 e. The number of halogens is 1. The van der Waals surface area contributed by atoms with Crippen LogP contribution in [0.5, 0.6) is 0 Å². The molecule has 2 aromatic rings. The van der Waals surface area contributed by atoms with Gasteiger partial charge in [0.1, 0.15) is 0 Å². The van der Waals surface area contributed by atoms with Gasteiger partial charge in [-0.05, 0) is 94.8 Å². The molecule has 0 bridgehead atoms. The molecule has 0 saturated heterocycles. The highest BCUT2D eigenvalue weighted by Crippen LogP contribution is 2.55. The molecule has 0 atom stereocenters. The summed E-state index contributed by atoms with van der Waals surface area (Å²) >= 11 is 2.54. The third-order valence-corrected chi connectivity index (χ3v) is 9.82. The maximum absolute atomic E-state index is 2.75. The first kappa shape index (κ1) is 32.5. The van der Waals surface area contributed by atoms with Gasteiger partial charge in [-0.15, -0.1) is 0 Å². The van der Waals surface area contributed by atoms with Crippen molar-refractivity contribution in [1.29, 1.82) is 0 Å². The van der Waals surface area contributed by atoms with Crippen LogP contribution in [0.15, 0.2) is 36.4 Å². The van der Waals surface area contributed by atoms with Gasteiger partial charge in [-0.1, -0.05) is 130 Å². The fraction of sp³-hybridized carbons (Fsp3) is 0.676. The molecule has 218 valence electrons. The molecule has 0 aromatic heterocycles. The van der Waals surface area contributed by atoms with Gasteiger partial charge in [0.2, 0.25) is 0 Å². The average molecular weight is 644 g/mol. The van der Waals surface area contributed by atoms with Gasteiger partial charge < -0.3 is 4.90 Å². The first-order valence-electron chi connectivity index (χ1n) is 16.8. The third kappa shape index (κ3) is 8.98. The lowest BCUT2D eigenvalue weighted by molar-refractivity contribution is 0.401. The van der Waals surface area contributed by atoms with Crippen LogP contribution in [0, 0.1) is 3.57 Å². The zero-order valence-corrected chi connectivity index (χ0v) is 28.1. The molecule has 39 heavy (non-hydrogen) atoms. The maximum atomic E-state index is 2.75. The van der Waals surface area contributed by atoms with E-state index in [4.69, 9.17) is 0 Å². The van der Waals surface area contributed by atoms with Gasteiger partial charge in [0.05, 0.1) is 0 Å². The molecular weight excluding hydrogens is 585 g/mol. The second kappa shape index (κ2) is 17.7. The highest BCUT2D eigenvalue weighted by atomic mass is 127. The molecule has 1 aliphatic rings. The van der Waals surface area contributed by atoms with Crippen LogP contribution in [0.1, 0.15) is 154 Å². The minimum atomic E-state index is 0.180. The number of hydrogen-bond acceptors (Lipinski definition) is 1. The van der Waals surface area contributed by atoms with E-state index in [0.717, 1.165) is 0 Å². The Balaban J connectivity index is 2.00. The number of benzene rings is 2. The Bertz CT molecular complexity index is 940. The summed E-state index contributed by atoms with van der Waals surface area (Å²) in [6, 6.07) is 14.9. The monoisotopic (exact) mass is 643 g/mol.